The van der Waals surface area contributed by atoms with Gasteiger partial charge in [0.05, 0.1) is 31.2 Å². The van der Waals surface area contributed by atoms with E-state index >= 15 is 0 Å². The molecule has 0 atom stereocenters. The minimum Gasteiger partial charge on any atom is -0.286 e. The second kappa shape index (κ2) is 6.32. The Morgan fingerprint density at radius 2 is 1.80 bits per heavy atom. The molecule has 0 radical (unpaired) electrons. The predicted molar refractivity (Wildman–Crippen MR) is 73.0 cm³/mol. The third-order valence-electron chi connectivity index (χ3n) is 3.39. The maximum atomic E-state index is 12.2. The Balaban J connectivity index is 1.98. The average molecular weight is 299 g/mol. The van der Waals surface area contributed by atoms with Crippen LogP contribution in [0.4, 0.5) is 4.79 Å². The van der Waals surface area contributed by atoms with Crippen LogP contribution >= 0.6 is 0 Å². The van der Waals surface area contributed by atoms with Crippen molar-refractivity contribution in [2.75, 3.05) is 18.8 Å². The number of hydrogen-bond acceptors (Lipinski definition) is 3. The molecule has 0 saturated carbocycles. The molecular weight excluding hydrogens is 280 g/mol. The second-order valence-corrected chi connectivity index (χ2v) is 6.55. The first-order valence-corrected chi connectivity index (χ1v) is 8.31. The van der Waals surface area contributed by atoms with Gasteiger partial charge >= 0.3 is 6.03 Å². The lowest BCUT2D eigenvalue weighted by molar-refractivity contribution is -0.578. The molecule has 1 fully saturated rings. The minimum atomic E-state index is -3.95. The van der Waals surface area contributed by atoms with Gasteiger partial charge in [0.25, 0.3) is 10.1 Å². The van der Waals surface area contributed by atoms with Crippen molar-refractivity contribution in [3.05, 3.63) is 30.1 Å². The summed E-state index contributed by atoms with van der Waals surface area (Å²) in [5, 5.41) is 0. The molecule has 0 unspecified atom stereocenters. The molecule has 2 rings (SSSR count). The van der Waals surface area contributed by atoms with Gasteiger partial charge in [0.1, 0.15) is 0 Å². The maximum Gasteiger partial charge on any atom is 0.497 e. The highest BCUT2D eigenvalue weighted by molar-refractivity contribution is 7.85. The van der Waals surface area contributed by atoms with E-state index < -0.39 is 10.1 Å². The van der Waals surface area contributed by atoms with Crippen LogP contribution in [0.1, 0.15) is 24.8 Å². The summed E-state index contributed by atoms with van der Waals surface area (Å²) in [6, 6.07) is 3.35. The van der Waals surface area contributed by atoms with Crippen LogP contribution in [0.3, 0.4) is 0 Å². The van der Waals surface area contributed by atoms with E-state index in [9.17, 15) is 13.2 Å². The number of rotatable bonds is 3. The SMILES string of the molecule is O=C(N1CCCCC1)[n+]1ccc(CCS(=O)(=O)O)cc1. The Kier molecular flexibility index (Phi) is 4.72. The number of carbonyl (C=O) groups is 1. The van der Waals surface area contributed by atoms with E-state index in [0.717, 1.165) is 31.5 Å². The number of likely N-dealkylation sites (tertiary alicyclic amines) is 1. The topological polar surface area (TPSA) is 78.6 Å². The molecule has 1 aromatic heterocycles. The first-order valence-electron chi connectivity index (χ1n) is 6.70. The molecule has 0 aliphatic carbocycles. The van der Waals surface area contributed by atoms with Gasteiger partial charge in [0, 0.05) is 0 Å². The van der Waals surface area contributed by atoms with Gasteiger partial charge in [-0.3, -0.25) is 4.55 Å². The summed E-state index contributed by atoms with van der Waals surface area (Å²) in [5.74, 6) is -0.308. The largest absolute Gasteiger partial charge is 0.497 e. The lowest BCUT2D eigenvalue weighted by Crippen LogP contribution is -2.53. The summed E-state index contributed by atoms with van der Waals surface area (Å²) < 4.78 is 31.6. The molecule has 1 aliphatic rings. The molecule has 0 aromatic carbocycles. The second-order valence-electron chi connectivity index (χ2n) is 4.98. The fraction of sp³-hybridized carbons (Fsp3) is 0.538. The van der Waals surface area contributed by atoms with Gasteiger partial charge in [-0.15, -0.1) is 0 Å². The first-order chi connectivity index (χ1) is 9.46. The van der Waals surface area contributed by atoms with Crippen LogP contribution in [0.15, 0.2) is 24.5 Å². The van der Waals surface area contributed by atoms with Crippen LogP contribution in [0, 0.1) is 0 Å². The van der Waals surface area contributed by atoms with Gasteiger partial charge in [-0.05, 0) is 43.4 Å². The van der Waals surface area contributed by atoms with E-state index in [1.807, 2.05) is 4.90 Å². The molecule has 1 aromatic rings. The molecule has 110 valence electrons. The van der Waals surface area contributed by atoms with E-state index in [0.29, 0.717) is 0 Å². The normalized spacial score (nSPS) is 16.1. The summed E-state index contributed by atoms with van der Waals surface area (Å²) in [6.07, 6.45) is 6.75. The monoisotopic (exact) mass is 299 g/mol. The Morgan fingerprint density at radius 3 is 2.35 bits per heavy atom. The van der Waals surface area contributed by atoms with Gasteiger partial charge in [-0.2, -0.15) is 17.8 Å². The van der Waals surface area contributed by atoms with Gasteiger partial charge in [-0.1, -0.05) is 0 Å². The van der Waals surface area contributed by atoms with Crippen molar-refractivity contribution in [1.29, 1.82) is 0 Å². The molecule has 1 saturated heterocycles. The summed E-state index contributed by atoms with van der Waals surface area (Å²) in [7, 11) is -3.95. The zero-order valence-corrected chi connectivity index (χ0v) is 12.1. The number of aryl methyl sites for hydroxylation is 1. The maximum absolute atomic E-state index is 12.2. The number of piperidine rings is 1. The minimum absolute atomic E-state index is 0.0500. The third-order valence-corrected chi connectivity index (χ3v) is 4.11. The van der Waals surface area contributed by atoms with Crippen LogP contribution in [0.25, 0.3) is 0 Å². The number of hydrogen-bond donors (Lipinski definition) is 1. The predicted octanol–water partition coefficient (Wildman–Crippen LogP) is 0.858. The van der Waals surface area contributed by atoms with Crippen LogP contribution in [-0.4, -0.2) is 42.7 Å². The van der Waals surface area contributed by atoms with Crippen molar-refractivity contribution in [3.8, 4) is 0 Å². The van der Waals surface area contributed by atoms with Crippen molar-refractivity contribution in [3.63, 3.8) is 0 Å². The summed E-state index contributed by atoms with van der Waals surface area (Å²) in [6.45, 7) is 1.58. The highest BCUT2D eigenvalue weighted by Gasteiger charge is 2.25. The number of carbonyl (C=O) groups excluding carboxylic acids is 1. The quantitative estimate of drug-likeness (QED) is 0.663. The van der Waals surface area contributed by atoms with Gasteiger partial charge in [-0.25, -0.2) is 4.90 Å². The summed E-state index contributed by atoms with van der Waals surface area (Å²) in [4.78, 5) is 14.0. The van der Waals surface area contributed by atoms with E-state index in [1.54, 1.807) is 24.5 Å². The van der Waals surface area contributed by atoms with E-state index in [1.165, 1.54) is 11.0 Å². The smallest absolute Gasteiger partial charge is 0.286 e. The van der Waals surface area contributed by atoms with Crippen molar-refractivity contribution in [1.82, 2.24) is 4.90 Å². The van der Waals surface area contributed by atoms with Crippen molar-refractivity contribution < 1.29 is 22.3 Å². The number of amides is 1. The molecule has 20 heavy (non-hydrogen) atoms. The zero-order valence-electron chi connectivity index (χ0n) is 11.2. The standard InChI is InChI=1S/C13H18N2O4S/c16-13(14-7-2-1-3-8-14)15-9-4-12(5-10-15)6-11-20(17,18)19/h4-5,9-10H,1-3,6-8,11H2/p+1. The van der Waals surface area contributed by atoms with E-state index in [2.05, 4.69) is 0 Å². The summed E-state index contributed by atoms with van der Waals surface area (Å²) >= 11 is 0. The van der Waals surface area contributed by atoms with Gasteiger partial charge in [0.2, 0.25) is 0 Å². The van der Waals surface area contributed by atoms with E-state index in [4.69, 9.17) is 4.55 Å². The molecular formula is C13H19N2O4S+. The molecule has 7 heteroatoms. The van der Waals surface area contributed by atoms with Crippen LogP contribution in [0.5, 0.6) is 0 Å². The Bertz CT molecular complexity index is 563. The van der Waals surface area contributed by atoms with Crippen LogP contribution in [0.2, 0.25) is 0 Å². The Labute approximate surface area is 118 Å². The number of aromatic nitrogens is 1. The zero-order chi connectivity index (χ0) is 14.6. The highest BCUT2D eigenvalue weighted by atomic mass is 32.2. The van der Waals surface area contributed by atoms with Gasteiger partial charge < -0.3 is 0 Å². The fourth-order valence-corrected chi connectivity index (χ4v) is 2.74. The lowest BCUT2D eigenvalue weighted by Gasteiger charge is -2.19. The van der Waals surface area contributed by atoms with Crippen molar-refractivity contribution in [2.24, 2.45) is 0 Å². The molecule has 6 nitrogen and oxygen atoms in total. The van der Waals surface area contributed by atoms with Crippen molar-refractivity contribution >= 4 is 16.1 Å². The molecule has 1 amide bonds. The fourth-order valence-electron chi connectivity index (χ4n) is 2.25. The van der Waals surface area contributed by atoms with Gasteiger partial charge in [0.15, 0.2) is 0 Å². The third kappa shape index (κ3) is 4.28. The van der Waals surface area contributed by atoms with Crippen molar-refractivity contribution in [2.45, 2.75) is 25.7 Å². The Hall–Kier alpha value is -1.47. The molecule has 1 N–H and O–H groups in total. The average Bonchev–Trinajstić information content (AvgIpc) is 2.45. The molecule has 2 heterocycles. The highest BCUT2D eigenvalue weighted by Crippen LogP contribution is 2.08. The first kappa shape index (κ1) is 14.9. The molecule has 0 bridgehead atoms. The Morgan fingerprint density at radius 1 is 1.20 bits per heavy atom. The van der Waals surface area contributed by atoms with Crippen LogP contribution in [-0.2, 0) is 16.5 Å². The number of pyridine rings is 1. The van der Waals surface area contributed by atoms with Crippen LogP contribution < -0.4 is 4.57 Å². The number of nitrogens with zero attached hydrogens (tertiary/aromatic N) is 2. The van der Waals surface area contributed by atoms with E-state index in [-0.39, 0.29) is 18.2 Å². The summed E-state index contributed by atoms with van der Waals surface area (Å²) in [5.41, 5.74) is 0.769. The lowest BCUT2D eigenvalue weighted by atomic mass is 10.1. The molecule has 0 spiro atoms. The molecule has 1 aliphatic heterocycles.